The van der Waals surface area contributed by atoms with Gasteiger partial charge in [-0.05, 0) is 36.4 Å². The minimum Gasteiger partial charge on any atom is -0.497 e. The third-order valence-corrected chi connectivity index (χ3v) is 3.29. The highest BCUT2D eigenvalue weighted by Crippen LogP contribution is 2.16. The number of rotatable bonds is 2. The lowest BCUT2D eigenvalue weighted by Crippen LogP contribution is -2.12. The lowest BCUT2D eigenvalue weighted by Gasteiger charge is -2.05. The first-order valence-electron chi connectivity index (χ1n) is 5.79. The van der Waals surface area contributed by atoms with Crippen molar-refractivity contribution in [2.75, 3.05) is 7.11 Å². The summed E-state index contributed by atoms with van der Waals surface area (Å²) in [4.78, 5) is 0.622. The van der Waals surface area contributed by atoms with Crippen LogP contribution in [0.4, 0.5) is 0 Å². The summed E-state index contributed by atoms with van der Waals surface area (Å²) >= 11 is 5.47. The fourth-order valence-corrected chi connectivity index (χ4v) is 2.15. The van der Waals surface area contributed by atoms with Crippen molar-refractivity contribution in [2.45, 2.75) is 0 Å². The fraction of sp³-hybridized carbons (Fsp3) is 0.0714. The minimum atomic E-state index is 0.622. The van der Waals surface area contributed by atoms with Gasteiger partial charge in [0.2, 0.25) is 0 Å². The molecule has 2 aromatic carbocycles. The van der Waals surface area contributed by atoms with Crippen molar-refractivity contribution >= 4 is 28.2 Å². The number of hydrogen-bond acceptors (Lipinski definition) is 4. The number of para-hydroxylation sites is 1. The van der Waals surface area contributed by atoms with Crippen LogP contribution in [0.3, 0.4) is 0 Å². The highest BCUT2D eigenvalue weighted by atomic mass is 32.1. The molecule has 94 valence electrons. The highest BCUT2D eigenvalue weighted by Gasteiger charge is 2.10. The third kappa shape index (κ3) is 2.08. The molecule has 0 aliphatic heterocycles. The van der Waals surface area contributed by atoms with Crippen LogP contribution in [-0.2, 0) is 0 Å². The summed E-state index contributed by atoms with van der Waals surface area (Å²) in [5.41, 5.74) is 2.65. The van der Waals surface area contributed by atoms with Crippen LogP contribution >= 0.6 is 12.2 Å². The van der Waals surface area contributed by atoms with Gasteiger partial charge in [-0.2, -0.15) is 0 Å². The van der Waals surface area contributed by atoms with E-state index >= 15 is 0 Å². The highest BCUT2D eigenvalue weighted by molar-refractivity contribution is 7.80. The zero-order chi connectivity index (χ0) is 13.2. The standard InChI is InChI=1S/C14H11N3OS/c1-18-11-8-6-10(7-9-11)14(19)17-13-5-3-2-4-12(13)15-16-17/h2-9H,1H3. The Morgan fingerprint density at radius 1 is 1.11 bits per heavy atom. The molecule has 0 amide bonds. The molecule has 1 heterocycles. The van der Waals surface area contributed by atoms with Crippen LogP contribution in [0.25, 0.3) is 11.0 Å². The van der Waals surface area contributed by atoms with Crippen LogP contribution in [0.15, 0.2) is 48.5 Å². The molecule has 5 heteroatoms. The van der Waals surface area contributed by atoms with Gasteiger partial charge >= 0.3 is 0 Å². The predicted molar refractivity (Wildman–Crippen MR) is 77.6 cm³/mol. The Kier molecular flexibility index (Phi) is 2.97. The Labute approximate surface area is 115 Å². The Bertz CT molecular complexity index is 734. The molecule has 3 rings (SSSR count). The molecule has 0 aliphatic carbocycles. The first-order chi connectivity index (χ1) is 9.29. The molecule has 0 fully saturated rings. The molecule has 0 bridgehead atoms. The summed E-state index contributed by atoms with van der Waals surface area (Å²) in [7, 11) is 1.64. The maximum Gasteiger partial charge on any atom is 0.137 e. The van der Waals surface area contributed by atoms with E-state index in [9.17, 15) is 0 Å². The van der Waals surface area contributed by atoms with Crippen LogP contribution in [0.1, 0.15) is 5.56 Å². The normalized spacial score (nSPS) is 10.6. The number of hydrogen-bond donors (Lipinski definition) is 0. The zero-order valence-corrected chi connectivity index (χ0v) is 11.1. The van der Waals surface area contributed by atoms with Crippen molar-refractivity contribution in [1.29, 1.82) is 0 Å². The summed E-state index contributed by atoms with van der Waals surface area (Å²) in [6.07, 6.45) is 0. The molecule has 0 saturated heterocycles. The van der Waals surface area contributed by atoms with E-state index in [0.29, 0.717) is 4.99 Å². The van der Waals surface area contributed by atoms with Crippen LogP contribution in [0.5, 0.6) is 5.75 Å². The lowest BCUT2D eigenvalue weighted by molar-refractivity contribution is 0.415. The number of fused-ring (bicyclic) bond motifs is 1. The van der Waals surface area contributed by atoms with Gasteiger partial charge in [0.25, 0.3) is 0 Å². The molecule has 0 spiro atoms. The molecule has 19 heavy (non-hydrogen) atoms. The second-order valence-electron chi connectivity index (χ2n) is 4.02. The van der Waals surface area contributed by atoms with Gasteiger partial charge in [0.05, 0.1) is 12.6 Å². The number of nitrogens with zero attached hydrogens (tertiary/aromatic N) is 3. The number of benzene rings is 2. The van der Waals surface area contributed by atoms with E-state index < -0.39 is 0 Å². The van der Waals surface area contributed by atoms with Gasteiger partial charge in [-0.1, -0.05) is 29.6 Å². The molecule has 3 aromatic rings. The Morgan fingerprint density at radius 3 is 2.58 bits per heavy atom. The van der Waals surface area contributed by atoms with Crippen LogP contribution < -0.4 is 4.74 Å². The first kappa shape index (κ1) is 11.8. The molecule has 4 nitrogen and oxygen atoms in total. The monoisotopic (exact) mass is 269 g/mol. The number of ether oxygens (including phenoxy) is 1. The van der Waals surface area contributed by atoms with Gasteiger partial charge in [0.1, 0.15) is 16.3 Å². The quantitative estimate of drug-likeness (QED) is 0.671. The fourth-order valence-electron chi connectivity index (χ4n) is 1.87. The molecule has 0 aliphatic rings. The van der Waals surface area contributed by atoms with Crippen LogP contribution in [0, 0.1) is 0 Å². The summed E-state index contributed by atoms with van der Waals surface area (Å²) in [5, 5.41) is 8.21. The number of thiocarbonyl (C=S) groups is 1. The summed E-state index contributed by atoms with van der Waals surface area (Å²) in [6.45, 7) is 0. The SMILES string of the molecule is COc1ccc(C(=S)n2nnc3ccccc32)cc1. The maximum atomic E-state index is 5.47. The molecular weight excluding hydrogens is 258 g/mol. The van der Waals surface area contributed by atoms with E-state index in [4.69, 9.17) is 17.0 Å². The van der Waals surface area contributed by atoms with Gasteiger partial charge in [0.15, 0.2) is 0 Å². The van der Waals surface area contributed by atoms with Crippen molar-refractivity contribution in [3.8, 4) is 5.75 Å². The molecule has 0 unspecified atom stereocenters. The second-order valence-corrected chi connectivity index (χ2v) is 4.41. The van der Waals surface area contributed by atoms with Gasteiger partial charge < -0.3 is 4.74 Å². The summed E-state index contributed by atoms with van der Waals surface area (Å²) < 4.78 is 6.80. The number of methoxy groups -OCH3 is 1. The Hall–Kier alpha value is -2.27. The molecule has 0 radical (unpaired) electrons. The van der Waals surface area contributed by atoms with E-state index in [1.807, 2.05) is 48.5 Å². The van der Waals surface area contributed by atoms with Gasteiger partial charge in [-0.3, -0.25) is 0 Å². The minimum absolute atomic E-state index is 0.622. The molecule has 0 atom stereocenters. The van der Waals surface area contributed by atoms with Gasteiger partial charge in [-0.15, -0.1) is 5.10 Å². The van der Waals surface area contributed by atoms with Gasteiger partial charge in [-0.25, -0.2) is 4.68 Å². The average Bonchev–Trinajstić information content (AvgIpc) is 2.90. The van der Waals surface area contributed by atoms with Crippen molar-refractivity contribution in [3.63, 3.8) is 0 Å². The van der Waals surface area contributed by atoms with Crippen molar-refractivity contribution in [3.05, 3.63) is 54.1 Å². The maximum absolute atomic E-state index is 5.47. The summed E-state index contributed by atoms with van der Waals surface area (Å²) in [5.74, 6) is 0.801. The second kappa shape index (κ2) is 4.78. The number of aromatic nitrogens is 3. The summed E-state index contributed by atoms with van der Waals surface area (Å²) in [6, 6.07) is 15.3. The van der Waals surface area contributed by atoms with E-state index in [1.165, 1.54) is 0 Å². The Morgan fingerprint density at radius 2 is 1.84 bits per heavy atom. The molecule has 0 saturated carbocycles. The van der Waals surface area contributed by atoms with Crippen molar-refractivity contribution < 1.29 is 4.74 Å². The van der Waals surface area contributed by atoms with E-state index in [2.05, 4.69) is 10.3 Å². The average molecular weight is 269 g/mol. The van der Waals surface area contributed by atoms with Crippen molar-refractivity contribution in [1.82, 2.24) is 15.0 Å². The predicted octanol–water partition coefficient (Wildman–Crippen LogP) is 2.66. The zero-order valence-electron chi connectivity index (χ0n) is 10.3. The van der Waals surface area contributed by atoms with E-state index in [0.717, 1.165) is 22.3 Å². The van der Waals surface area contributed by atoms with E-state index in [1.54, 1.807) is 11.8 Å². The third-order valence-electron chi connectivity index (χ3n) is 2.88. The largest absolute Gasteiger partial charge is 0.497 e. The van der Waals surface area contributed by atoms with Crippen molar-refractivity contribution in [2.24, 2.45) is 0 Å². The molecular formula is C14H11N3OS. The lowest BCUT2D eigenvalue weighted by atomic mass is 10.2. The Balaban J connectivity index is 2.03. The molecule has 1 aromatic heterocycles. The van der Waals surface area contributed by atoms with Gasteiger partial charge in [0, 0.05) is 5.56 Å². The van der Waals surface area contributed by atoms with Crippen LogP contribution in [0.2, 0.25) is 0 Å². The topological polar surface area (TPSA) is 39.9 Å². The molecule has 0 N–H and O–H groups in total. The van der Waals surface area contributed by atoms with E-state index in [-0.39, 0.29) is 0 Å². The smallest absolute Gasteiger partial charge is 0.137 e. The first-order valence-corrected chi connectivity index (χ1v) is 6.19. The van der Waals surface area contributed by atoms with Crippen LogP contribution in [-0.4, -0.2) is 27.1 Å².